The predicted molar refractivity (Wildman–Crippen MR) is 99.6 cm³/mol. The van der Waals surface area contributed by atoms with Crippen LogP contribution in [0.1, 0.15) is 0 Å². The summed E-state index contributed by atoms with van der Waals surface area (Å²) in [7, 11) is 2.06. The second-order valence-corrected chi connectivity index (χ2v) is 6.82. The number of likely N-dealkylation sites (N-methyl/N-ethyl adjacent to an activating group) is 1. The minimum Gasteiger partial charge on any atom is -0.353 e. The zero-order valence-corrected chi connectivity index (χ0v) is 15.0. The van der Waals surface area contributed by atoms with Crippen LogP contribution in [-0.2, 0) is 0 Å². The van der Waals surface area contributed by atoms with Gasteiger partial charge in [-0.2, -0.15) is 0 Å². The van der Waals surface area contributed by atoms with Gasteiger partial charge in [0.2, 0.25) is 0 Å². The van der Waals surface area contributed by atoms with E-state index in [2.05, 4.69) is 26.8 Å². The molecule has 0 aliphatic carbocycles. The molecule has 134 valence electrons. The number of aromatic nitrogens is 2. The summed E-state index contributed by atoms with van der Waals surface area (Å²) < 4.78 is 29.4. The Labute approximate surface area is 155 Å². The fourth-order valence-corrected chi connectivity index (χ4v) is 3.59. The van der Waals surface area contributed by atoms with Crippen molar-refractivity contribution in [3.05, 3.63) is 53.3 Å². The van der Waals surface area contributed by atoms with Gasteiger partial charge in [0, 0.05) is 42.7 Å². The molecule has 3 aromatic rings. The second kappa shape index (κ2) is 6.78. The zero-order chi connectivity index (χ0) is 18.3. The molecule has 2 aromatic carbocycles. The molecule has 0 N–H and O–H groups in total. The van der Waals surface area contributed by atoms with Crippen LogP contribution in [0.4, 0.5) is 14.6 Å². The summed E-state index contributed by atoms with van der Waals surface area (Å²) in [6.07, 6.45) is 1.35. The van der Waals surface area contributed by atoms with E-state index in [1.807, 2.05) is 0 Å². The van der Waals surface area contributed by atoms with Crippen molar-refractivity contribution < 1.29 is 8.78 Å². The van der Waals surface area contributed by atoms with E-state index >= 15 is 4.39 Å². The third-order valence-corrected chi connectivity index (χ3v) is 5.04. The summed E-state index contributed by atoms with van der Waals surface area (Å²) in [5, 5.41) is 0.685. The number of anilines is 1. The Morgan fingerprint density at radius 3 is 2.50 bits per heavy atom. The molecule has 0 spiro atoms. The quantitative estimate of drug-likeness (QED) is 0.679. The van der Waals surface area contributed by atoms with Gasteiger partial charge < -0.3 is 9.80 Å². The maximum Gasteiger partial charge on any atom is 0.159 e. The van der Waals surface area contributed by atoms with Crippen LogP contribution >= 0.6 is 11.6 Å². The van der Waals surface area contributed by atoms with Gasteiger partial charge in [-0.05, 0) is 19.2 Å². The van der Waals surface area contributed by atoms with E-state index in [0.717, 1.165) is 26.2 Å². The molecule has 7 heteroatoms. The summed E-state index contributed by atoms with van der Waals surface area (Å²) in [6, 6.07) is 7.63. The van der Waals surface area contributed by atoms with E-state index in [9.17, 15) is 4.39 Å². The molecular formula is C19H17ClF2N4. The molecule has 26 heavy (non-hydrogen) atoms. The van der Waals surface area contributed by atoms with Crippen LogP contribution in [0.2, 0.25) is 5.02 Å². The Kier molecular flexibility index (Phi) is 4.46. The van der Waals surface area contributed by atoms with Crippen LogP contribution in [0.3, 0.4) is 0 Å². The van der Waals surface area contributed by atoms with E-state index < -0.39 is 11.6 Å². The normalized spacial score (nSPS) is 15.6. The second-order valence-electron chi connectivity index (χ2n) is 6.41. The Hall–Kier alpha value is -2.31. The fourth-order valence-electron chi connectivity index (χ4n) is 3.30. The maximum absolute atomic E-state index is 15.2. The summed E-state index contributed by atoms with van der Waals surface area (Å²) >= 11 is 6.36. The molecule has 4 nitrogen and oxygen atoms in total. The van der Waals surface area contributed by atoms with Crippen molar-refractivity contribution in [2.45, 2.75) is 0 Å². The van der Waals surface area contributed by atoms with Gasteiger partial charge in [-0.3, -0.25) is 0 Å². The van der Waals surface area contributed by atoms with Gasteiger partial charge in [0.1, 0.15) is 23.5 Å². The molecule has 1 aromatic heterocycles. The van der Waals surface area contributed by atoms with E-state index in [1.54, 1.807) is 18.2 Å². The molecule has 0 saturated carbocycles. The molecule has 1 saturated heterocycles. The number of nitrogens with zero attached hydrogens (tertiary/aromatic N) is 4. The average molecular weight is 375 g/mol. The molecular weight excluding hydrogens is 358 g/mol. The van der Waals surface area contributed by atoms with Gasteiger partial charge in [-0.25, -0.2) is 18.7 Å². The van der Waals surface area contributed by atoms with Gasteiger partial charge in [0.15, 0.2) is 5.82 Å². The van der Waals surface area contributed by atoms with Crippen LogP contribution in [0.25, 0.3) is 22.0 Å². The monoisotopic (exact) mass is 374 g/mol. The standard InChI is InChI=1S/C19H17ClF2N4/c1-25-6-8-26(9-7-25)19-13-10-14(20)16(12-4-2-3-5-15(12)21)17(22)18(13)23-11-24-19/h2-5,10-11H,6-9H2,1H3. The molecule has 1 fully saturated rings. The van der Waals surface area contributed by atoms with E-state index in [4.69, 9.17) is 11.6 Å². The van der Waals surface area contributed by atoms with Gasteiger partial charge >= 0.3 is 0 Å². The number of fused-ring (bicyclic) bond motifs is 1. The van der Waals surface area contributed by atoms with Crippen LogP contribution in [-0.4, -0.2) is 48.1 Å². The van der Waals surface area contributed by atoms with Gasteiger partial charge in [0.05, 0.1) is 5.02 Å². The number of piperazine rings is 1. The molecule has 4 rings (SSSR count). The largest absolute Gasteiger partial charge is 0.353 e. The first-order chi connectivity index (χ1) is 12.6. The van der Waals surface area contributed by atoms with Crippen molar-refractivity contribution in [3.63, 3.8) is 0 Å². The molecule has 0 radical (unpaired) electrons. The number of hydrogen-bond acceptors (Lipinski definition) is 4. The minimum absolute atomic E-state index is 0.0281. The van der Waals surface area contributed by atoms with Crippen LogP contribution in [0.5, 0.6) is 0 Å². The van der Waals surface area contributed by atoms with Gasteiger partial charge in [-0.15, -0.1) is 0 Å². The van der Waals surface area contributed by atoms with Crippen LogP contribution in [0.15, 0.2) is 36.7 Å². The van der Waals surface area contributed by atoms with Crippen molar-refractivity contribution in [2.24, 2.45) is 0 Å². The summed E-state index contributed by atoms with van der Waals surface area (Å²) in [6.45, 7) is 3.37. The first kappa shape index (κ1) is 17.1. The molecule has 0 atom stereocenters. The molecule has 0 unspecified atom stereocenters. The highest BCUT2D eigenvalue weighted by molar-refractivity contribution is 6.34. The highest BCUT2D eigenvalue weighted by atomic mass is 35.5. The lowest BCUT2D eigenvalue weighted by atomic mass is 10.0. The molecule has 1 aliphatic rings. The van der Waals surface area contributed by atoms with Gasteiger partial charge in [-0.1, -0.05) is 29.8 Å². The molecule has 2 heterocycles. The van der Waals surface area contributed by atoms with E-state index in [1.165, 1.54) is 18.5 Å². The predicted octanol–water partition coefficient (Wildman–Crippen LogP) is 3.98. The lowest BCUT2D eigenvalue weighted by Gasteiger charge is -2.33. The topological polar surface area (TPSA) is 32.3 Å². The lowest BCUT2D eigenvalue weighted by molar-refractivity contribution is 0.312. The van der Waals surface area contributed by atoms with Crippen molar-refractivity contribution in [1.82, 2.24) is 14.9 Å². The first-order valence-corrected chi connectivity index (χ1v) is 8.75. The number of halogens is 3. The van der Waals surface area contributed by atoms with Crippen LogP contribution in [0, 0.1) is 11.6 Å². The summed E-state index contributed by atoms with van der Waals surface area (Å²) in [5.41, 5.74) is 0.300. The average Bonchev–Trinajstić information content (AvgIpc) is 2.64. The van der Waals surface area contributed by atoms with E-state index in [-0.39, 0.29) is 21.7 Å². The highest BCUT2D eigenvalue weighted by Gasteiger charge is 2.23. The SMILES string of the molecule is CN1CCN(c2ncnc3c(F)c(-c4ccccc4F)c(Cl)cc23)CC1. The minimum atomic E-state index is -0.629. The molecule has 0 amide bonds. The third-order valence-electron chi connectivity index (χ3n) is 4.75. The number of benzene rings is 2. The lowest BCUT2D eigenvalue weighted by Crippen LogP contribution is -2.44. The maximum atomic E-state index is 15.2. The number of rotatable bonds is 2. The molecule has 0 bridgehead atoms. The zero-order valence-electron chi connectivity index (χ0n) is 14.2. The number of hydrogen-bond donors (Lipinski definition) is 0. The van der Waals surface area contributed by atoms with E-state index in [0.29, 0.717) is 11.2 Å². The molecule has 1 aliphatic heterocycles. The smallest absolute Gasteiger partial charge is 0.159 e. The first-order valence-electron chi connectivity index (χ1n) is 8.37. The fraction of sp³-hybridized carbons (Fsp3) is 0.263. The summed E-state index contributed by atoms with van der Waals surface area (Å²) in [5.74, 6) is -0.500. The van der Waals surface area contributed by atoms with Crippen LogP contribution < -0.4 is 4.90 Å². The van der Waals surface area contributed by atoms with Crippen molar-refractivity contribution in [2.75, 3.05) is 38.1 Å². The Morgan fingerprint density at radius 2 is 1.77 bits per heavy atom. The van der Waals surface area contributed by atoms with Crippen molar-refractivity contribution in [1.29, 1.82) is 0 Å². The van der Waals surface area contributed by atoms with Gasteiger partial charge in [0.25, 0.3) is 0 Å². The van der Waals surface area contributed by atoms with Crippen molar-refractivity contribution in [3.8, 4) is 11.1 Å². The van der Waals surface area contributed by atoms with Crippen molar-refractivity contribution >= 4 is 28.3 Å². The summed E-state index contributed by atoms with van der Waals surface area (Å²) in [4.78, 5) is 12.8. The Balaban J connectivity index is 1.89. The Morgan fingerprint density at radius 1 is 1.04 bits per heavy atom. The highest BCUT2D eigenvalue weighted by Crippen LogP contribution is 2.38. The third kappa shape index (κ3) is 2.89. The Bertz CT molecular complexity index is 971.